The summed E-state index contributed by atoms with van der Waals surface area (Å²) in [4.78, 5) is 14.9. The van der Waals surface area contributed by atoms with Crippen molar-refractivity contribution in [1.82, 2.24) is 10.3 Å². The number of hydrogen-bond acceptors (Lipinski definition) is 5. The summed E-state index contributed by atoms with van der Waals surface area (Å²) < 4.78 is 9.88. The average Bonchev–Trinajstić information content (AvgIpc) is 2.72. The van der Waals surface area contributed by atoms with Gasteiger partial charge in [-0.2, -0.15) is 0 Å². The van der Waals surface area contributed by atoms with Crippen LogP contribution in [0.4, 0.5) is 0 Å². The predicted octanol–water partition coefficient (Wildman–Crippen LogP) is 0.890. The third-order valence-electron chi connectivity index (χ3n) is 1.96. The van der Waals surface area contributed by atoms with E-state index in [2.05, 4.69) is 15.0 Å². The fourth-order valence-corrected chi connectivity index (χ4v) is 1.08. The largest absolute Gasteiger partial charge is 0.469 e. The number of rotatable bonds is 6. The van der Waals surface area contributed by atoms with Gasteiger partial charge in [-0.1, -0.05) is 6.92 Å². The highest BCUT2D eigenvalue weighted by Crippen LogP contribution is 2.03. The molecule has 0 bridgehead atoms. The van der Waals surface area contributed by atoms with E-state index in [4.69, 9.17) is 4.42 Å². The number of carbonyl (C=O) groups is 1. The van der Waals surface area contributed by atoms with Gasteiger partial charge in [0, 0.05) is 13.0 Å². The average molecular weight is 212 g/mol. The number of nitrogens with zero attached hydrogens (tertiary/aromatic N) is 1. The van der Waals surface area contributed by atoms with E-state index in [-0.39, 0.29) is 5.97 Å². The van der Waals surface area contributed by atoms with Crippen molar-refractivity contribution in [3.8, 4) is 0 Å². The first kappa shape index (κ1) is 11.7. The minimum Gasteiger partial charge on any atom is -0.469 e. The van der Waals surface area contributed by atoms with Crippen LogP contribution in [0.1, 0.15) is 25.0 Å². The molecule has 5 heteroatoms. The van der Waals surface area contributed by atoms with Gasteiger partial charge in [0.2, 0.25) is 5.89 Å². The van der Waals surface area contributed by atoms with Crippen LogP contribution in [0.5, 0.6) is 0 Å². The molecular weight excluding hydrogens is 196 g/mol. The second kappa shape index (κ2) is 6.19. The Bertz CT molecular complexity index is 309. The topological polar surface area (TPSA) is 64.4 Å². The lowest BCUT2D eigenvalue weighted by atomic mass is 10.4. The lowest BCUT2D eigenvalue weighted by molar-refractivity contribution is -0.140. The fraction of sp³-hybridized carbons (Fsp3) is 0.600. The highest BCUT2D eigenvalue weighted by molar-refractivity contribution is 5.69. The highest BCUT2D eigenvalue weighted by atomic mass is 16.5. The Morgan fingerprint density at radius 2 is 2.47 bits per heavy atom. The van der Waals surface area contributed by atoms with Crippen LogP contribution in [0.3, 0.4) is 0 Å². The number of oxazole rings is 1. The summed E-state index contributed by atoms with van der Waals surface area (Å²) >= 11 is 0. The van der Waals surface area contributed by atoms with E-state index in [1.807, 2.05) is 6.92 Å². The SMILES string of the molecule is CCc1cnc(CNCCC(=O)OC)o1. The Kier molecular flexibility index (Phi) is 4.83. The van der Waals surface area contributed by atoms with Gasteiger partial charge < -0.3 is 14.5 Å². The second-order valence-corrected chi connectivity index (χ2v) is 3.08. The quantitative estimate of drug-likeness (QED) is 0.560. The second-order valence-electron chi connectivity index (χ2n) is 3.08. The molecule has 0 aliphatic rings. The van der Waals surface area contributed by atoms with E-state index in [0.29, 0.717) is 25.4 Å². The minimum atomic E-state index is -0.218. The van der Waals surface area contributed by atoms with Crippen LogP contribution in [-0.2, 0) is 22.5 Å². The van der Waals surface area contributed by atoms with Gasteiger partial charge in [-0.3, -0.25) is 4.79 Å². The van der Waals surface area contributed by atoms with Crippen molar-refractivity contribution in [2.24, 2.45) is 0 Å². The molecule has 0 unspecified atom stereocenters. The Balaban J connectivity index is 2.17. The number of esters is 1. The standard InChI is InChI=1S/C10H16N2O3/c1-3-8-6-12-9(15-8)7-11-5-4-10(13)14-2/h6,11H,3-5,7H2,1-2H3. The molecule has 0 amide bonds. The molecule has 1 rings (SSSR count). The third-order valence-corrected chi connectivity index (χ3v) is 1.96. The van der Waals surface area contributed by atoms with E-state index >= 15 is 0 Å². The molecule has 0 aliphatic carbocycles. The van der Waals surface area contributed by atoms with Crippen LogP contribution in [0, 0.1) is 0 Å². The van der Waals surface area contributed by atoms with Crippen molar-refractivity contribution in [3.05, 3.63) is 17.8 Å². The fourth-order valence-electron chi connectivity index (χ4n) is 1.08. The molecule has 1 aromatic rings. The molecule has 0 radical (unpaired) electrons. The molecule has 1 heterocycles. The number of carbonyl (C=O) groups excluding carboxylic acids is 1. The first-order chi connectivity index (χ1) is 7.26. The summed E-state index contributed by atoms with van der Waals surface area (Å²) in [5, 5.41) is 3.05. The number of ether oxygens (including phenoxy) is 1. The van der Waals surface area contributed by atoms with E-state index in [1.165, 1.54) is 7.11 Å². The van der Waals surface area contributed by atoms with Gasteiger partial charge in [0.05, 0.1) is 26.3 Å². The summed E-state index contributed by atoms with van der Waals surface area (Å²) in [6.45, 7) is 3.11. The molecule has 0 aliphatic heterocycles. The summed E-state index contributed by atoms with van der Waals surface area (Å²) in [5.41, 5.74) is 0. The predicted molar refractivity (Wildman–Crippen MR) is 54.2 cm³/mol. The number of aromatic nitrogens is 1. The van der Waals surface area contributed by atoms with E-state index < -0.39 is 0 Å². The summed E-state index contributed by atoms with van der Waals surface area (Å²) in [7, 11) is 1.38. The van der Waals surface area contributed by atoms with Crippen LogP contribution in [-0.4, -0.2) is 24.6 Å². The first-order valence-electron chi connectivity index (χ1n) is 4.97. The third kappa shape index (κ3) is 4.12. The van der Waals surface area contributed by atoms with Gasteiger partial charge in [-0.05, 0) is 0 Å². The van der Waals surface area contributed by atoms with E-state index in [9.17, 15) is 4.79 Å². The molecule has 1 aromatic heterocycles. The first-order valence-corrected chi connectivity index (χ1v) is 4.97. The molecule has 0 atom stereocenters. The van der Waals surface area contributed by atoms with Gasteiger partial charge in [-0.25, -0.2) is 4.98 Å². The monoisotopic (exact) mass is 212 g/mol. The van der Waals surface area contributed by atoms with Crippen molar-refractivity contribution < 1.29 is 13.9 Å². The Hall–Kier alpha value is -1.36. The zero-order chi connectivity index (χ0) is 11.1. The zero-order valence-electron chi connectivity index (χ0n) is 9.08. The minimum absolute atomic E-state index is 0.218. The molecule has 0 spiro atoms. The maximum atomic E-state index is 10.8. The summed E-state index contributed by atoms with van der Waals surface area (Å²) in [6.07, 6.45) is 2.92. The van der Waals surface area contributed by atoms with E-state index in [0.717, 1.165) is 12.2 Å². The molecule has 5 nitrogen and oxygen atoms in total. The number of aryl methyl sites for hydroxylation is 1. The van der Waals surface area contributed by atoms with Crippen molar-refractivity contribution in [1.29, 1.82) is 0 Å². The van der Waals surface area contributed by atoms with Crippen molar-refractivity contribution >= 4 is 5.97 Å². The van der Waals surface area contributed by atoms with Crippen LogP contribution < -0.4 is 5.32 Å². The van der Waals surface area contributed by atoms with Gasteiger partial charge >= 0.3 is 5.97 Å². The summed E-state index contributed by atoms with van der Waals surface area (Å²) in [5.74, 6) is 1.31. The number of hydrogen-bond donors (Lipinski definition) is 1. The van der Waals surface area contributed by atoms with Crippen molar-refractivity contribution in [3.63, 3.8) is 0 Å². The Labute approximate surface area is 88.8 Å². The summed E-state index contributed by atoms with van der Waals surface area (Å²) in [6, 6.07) is 0. The zero-order valence-corrected chi connectivity index (χ0v) is 9.08. The smallest absolute Gasteiger partial charge is 0.306 e. The van der Waals surface area contributed by atoms with Gasteiger partial charge in [0.25, 0.3) is 0 Å². The van der Waals surface area contributed by atoms with Crippen LogP contribution in [0.2, 0.25) is 0 Å². The van der Waals surface area contributed by atoms with E-state index in [1.54, 1.807) is 6.20 Å². The molecule has 84 valence electrons. The van der Waals surface area contributed by atoms with Crippen LogP contribution in [0.15, 0.2) is 10.6 Å². The Morgan fingerprint density at radius 3 is 3.07 bits per heavy atom. The molecule has 0 aromatic carbocycles. The van der Waals surface area contributed by atoms with Gasteiger partial charge in [0.1, 0.15) is 5.76 Å². The van der Waals surface area contributed by atoms with Crippen LogP contribution in [0.25, 0.3) is 0 Å². The maximum Gasteiger partial charge on any atom is 0.306 e. The molecule has 0 saturated carbocycles. The molecule has 0 fully saturated rings. The van der Waals surface area contributed by atoms with Gasteiger partial charge in [0.15, 0.2) is 0 Å². The highest BCUT2D eigenvalue weighted by Gasteiger charge is 2.02. The molecular formula is C10H16N2O3. The van der Waals surface area contributed by atoms with Gasteiger partial charge in [-0.15, -0.1) is 0 Å². The molecule has 1 N–H and O–H groups in total. The Morgan fingerprint density at radius 1 is 1.67 bits per heavy atom. The number of methoxy groups -OCH3 is 1. The lowest BCUT2D eigenvalue weighted by Gasteiger charge is -2.00. The maximum absolute atomic E-state index is 10.8. The van der Waals surface area contributed by atoms with Crippen molar-refractivity contribution in [2.45, 2.75) is 26.3 Å². The lowest BCUT2D eigenvalue weighted by Crippen LogP contribution is -2.18. The molecule has 15 heavy (non-hydrogen) atoms. The van der Waals surface area contributed by atoms with Crippen molar-refractivity contribution in [2.75, 3.05) is 13.7 Å². The van der Waals surface area contributed by atoms with Crippen LogP contribution >= 0.6 is 0 Å². The normalized spacial score (nSPS) is 10.3. The molecule has 0 saturated heterocycles. The number of nitrogens with one attached hydrogen (secondary N) is 1.